The molecule has 0 saturated carbocycles. The third-order valence-corrected chi connectivity index (χ3v) is 3.45. The van der Waals surface area contributed by atoms with Crippen LogP contribution in [0.25, 0.3) is 0 Å². The maximum Gasteiger partial charge on any atom is 0.262 e. The first-order chi connectivity index (χ1) is 8.54. The SMILES string of the molecule is Cc1ccc(NC(=O)C[C@H]2SC(N)=NC2=O)cc1. The predicted octanol–water partition coefficient (Wildman–Crippen LogP) is 1.28. The van der Waals surface area contributed by atoms with Crippen LogP contribution in [0.2, 0.25) is 0 Å². The summed E-state index contributed by atoms with van der Waals surface area (Å²) in [6.45, 7) is 1.97. The van der Waals surface area contributed by atoms with E-state index < -0.39 is 5.25 Å². The lowest BCUT2D eigenvalue weighted by Gasteiger charge is -2.08. The molecule has 0 unspecified atom stereocenters. The van der Waals surface area contributed by atoms with Crippen LogP contribution >= 0.6 is 11.8 Å². The average Bonchev–Trinajstić information content (AvgIpc) is 2.61. The van der Waals surface area contributed by atoms with Crippen LogP contribution in [0.15, 0.2) is 29.3 Å². The number of benzene rings is 1. The van der Waals surface area contributed by atoms with Crippen LogP contribution in [0, 0.1) is 6.92 Å². The molecule has 2 amide bonds. The van der Waals surface area contributed by atoms with E-state index in [0.29, 0.717) is 0 Å². The van der Waals surface area contributed by atoms with Crippen molar-refractivity contribution in [1.29, 1.82) is 0 Å². The molecule has 2 rings (SSSR count). The molecule has 0 bridgehead atoms. The Balaban J connectivity index is 1.90. The molecule has 0 radical (unpaired) electrons. The third kappa shape index (κ3) is 3.10. The van der Waals surface area contributed by atoms with Crippen molar-refractivity contribution in [3.8, 4) is 0 Å². The number of carbonyl (C=O) groups is 2. The van der Waals surface area contributed by atoms with Crippen molar-refractivity contribution in [1.82, 2.24) is 0 Å². The molecule has 5 nitrogen and oxygen atoms in total. The average molecular weight is 263 g/mol. The van der Waals surface area contributed by atoms with Gasteiger partial charge in [0.25, 0.3) is 5.91 Å². The summed E-state index contributed by atoms with van der Waals surface area (Å²) in [5.74, 6) is -0.550. The zero-order valence-electron chi connectivity index (χ0n) is 9.84. The van der Waals surface area contributed by atoms with Gasteiger partial charge in [0.15, 0.2) is 5.17 Å². The normalized spacial score (nSPS) is 18.6. The molecule has 6 heteroatoms. The van der Waals surface area contributed by atoms with E-state index in [4.69, 9.17) is 5.73 Å². The summed E-state index contributed by atoms with van der Waals surface area (Å²) in [6, 6.07) is 7.46. The number of nitrogens with one attached hydrogen (secondary N) is 1. The predicted molar refractivity (Wildman–Crippen MR) is 72.4 cm³/mol. The van der Waals surface area contributed by atoms with Crippen molar-refractivity contribution >= 4 is 34.4 Å². The molecule has 0 aromatic heterocycles. The van der Waals surface area contributed by atoms with Crippen molar-refractivity contribution in [2.24, 2.45) is 10.7 Å². The molecule has 0 fully saturated rings. The monoisotopic (exact) mass is 263 g/mol. The number of hydrogen-bond acceptors (Lipinski definition) is 4. The standard InChI is InChI=1S/C12H13N3O2S/c1-7-2-4-8(5-3-7)14-10(16)6-9-11(17)15-12(13)18-9/h2-5,9H,6H2,1H3,(H,14,16)(H2,13,15,17)/t9-/m1/s1. The van der Waals surface area contributed by atoms with Gasteiger partial charge in [0.2, 0.25) is 5.91 Å². The van der Waals surface area contributed by atoms with E-state index in [2.05, 4.69) is 10.3 Å². The zero-order chi connectivity index (χ0) is 13.1. The minimum atomic E-state index is -0.490. The van der Waals surface area contributed by atoms with Crippen LogP contribution in [0.3, 0.4) is 0 Å². The van der Waals surface area contributed by atoms with Gasteiger partial charge < -0.3 is 11.1 Å². The highest BCUT2D eigenvalue weighted by molar-refractivity contribution is 8.15. The number of aliphatic imine (C=N–C) groups is 1. The number of thioether (sulfide) groups is 1. The van der Waals surface area contributed by atoms with E-state index in [1.54, 1.807) is 0 Å². The fourth-order valence-corrected chi connectivity index (χ4v) is 2.37. The molecule has 1 aromatic rings. The van der Waals surface area contributed by atoms with Gasteiger partial charge in [0.1, 0.15) is 5.25 Å². The molecule has 0 saturated heterocycles. The Labute approximate surface area is 109 Å². The molecule has 3 N–H and O–H groups in total. The van der Waals surface area contributed by atoms with Crippen molar-refractivity contribution in [2.75, 3.05) is 5.32 Å². The Bertz CT molecular complexity index is 511. The second-order valence-corrected chi connectivity index (χ2v) is 5.24. The number of carbonyl (C=O) groups excluding carboxylic acids is 2. The molecule has 1 atom stereocenters. The highest BCUT2D eigenvalue weighted by Gasteiger charge is 2.29. The number of nitrogens with zero attached hydrogens (tertiary/aromatic N) is 1. The Morgan fingerprint density at radius 1 is 1.44 bits per heavy atom. The molecule has 1 aliphatic rings. The van der Waals surface area contributed by atoms with Crippen LogP contribution in [-0.2, 0) is 9.59 Å². The second kappa shape index (κ2) is 5.22. The lowest BCUT2D eigenvalue weighted by atomic mass is 10.2. The van der Waals surface area contributed by atoms with Gasteiger partial charge in [-0.05, 0) is 19.1 Å². The number of nitrogens with two attached hydrogens (primary N) is 1. The Morgan fingerprint density at radius 3 is 2.67 bits per heavy atom. The second-order valence-electron chi connectivity index (χ2n) is 4.01. The quantitative estimate of drug-likeness (QED) is 0.860. The summed E-state index contributed by atoms with van der Waals surface area (Å²) in [5, 5.41) is 2.47. The van der Waals surface area contributed by atoms with Crippen LogP contribution in [0.4, 0.5) is 5.69 Å². The number of rotatable bonds is 3. The smallest absolute Gasteiger partial charge is 0.262 e. The van der Waals surface area contributed by atoms with E-state index in [1.807, 2.05) is 31.2 Å². The van der Waals surface area contributed by atoms with Gasteiger partial charge in [-0.25, -0.2) is 0 Å². The first kappa shape index (κ1) is 12.6. The Morgan fingerprint density at radius 2 is 2.11 bits per heavy atom. The number of amides is 2. The van der Waals surface area contributed by atoms with Gasteiger partial charge in [-0.3, -0.25) is 9.59 Å². The summed E-state index contributed by atoms with van der Waals surface area (Å²) >= 11 is 1.13. The molecule has 1 aromatic carbocycles. The number of anilines is 1. The summed E-state index contributed by atoms with van der Waals surface area (Å²) in [6.07, 6.45) is 0.0849. The zero-order valence-corrected chi connectivity index (χ0v) is 10.7. The minimum absolute atomic E-state index is 0.0849. The summed E-state index contributed by atoms with van der Waals surface area (Å²) < 4.78 is 0. The van der Waals surface area contributed by atoms with Crippen molar-refractivity contribution in [2.45, 2.75) is 18.6 Å². The molecular formula is C12H13N3O2S. The lowest BCUT2D eigenvalue weighted by molar-refractivity contribution is -0.121. The lowest BCUT2D eigenvalue weighted by Crippen LogP contribution is -2.21. The van der Waals surface area contributed by atoms with E-state index in [-0.39, 0.29) is 23.4 Å². The van der Waals surface area contributed by atoms with Crippen molar-refractivity contribution < 1.29 is 9.59 Å². The van der Waals surface area contributed by atoms with Gasteiger partial charge in [0.05, 0.1) is 0 Å². The summed E-state index contributed by atoms with van der Waals surface area (Å²) in [4.78, 5) is 26.7. The van der Waals surface area contributed by atoms with Crippen LogP contribution in [0.5, 0.6) is 0 Å². The molecule has 1 heterocycles. The van der Waals surface area contributed by atoms with Crippen LogP contribution in [0.1, 0.15) is 12.0 Å². The minimum Gasteiger partial charge on any atom is -0.378 e. The Kier molecular flexibility index (Phi) is 3.66. The molecule has 0 spiro atoms. The van der Waals surface area contributed by atoms with E-state index in [9.17, 15) is 9.59 Å². The van der Waals surface area contributed by atoms with Gasteiger partial charge in [-0.2, -0.15) is 4.99 Å². The van der Waals surface area contributed by atoms with E-state index >= 15 is 0 Å². The Hall–Kier alpha value is -1.82. The van der Waals surface area contributed by atoms with Crippen molar-refractivity contribution in [3.05, 3.63) is 29.8 Å². The number of aryl methyl sites for hydroxylation is 1. The first-order valence-electron chi connectivity index (χ1n) is 5.46. The van der Waals surface area contributed by atoms with Gasteiger partial charge >= 0.3 is 0 Å². The van der Waals surface area contributed by atoms with Crippen LogP contribution < -0.4 is 11.1 Å². The van der Waals surface area contributed by atoms with Gasteiger partial charge in [-0.15, -0.1) is 0 Å². The summed E-state index contributed by atoms with van der Waals surface area (Å²) in [5.41, 5.74) is 7.26. The highest BCUT2D eigenvalue weighted by atomic mass is 32.2. The fraction of sp³-hybridized carbons (Fsp3) is 0.250. The highest BCUT2D eigenvalue weighted by Crippen LogP contribution is 2.23. The topological polar surface area (TPSA) is 84.6 Å². The van der Waals surface area contributed by atoms with Crippen LogP contribution in [-0.4, -0.2) is 22.2 Å². The maximum atomic E-state index is 11.7. The van der Waals surface area contributed by atoms with Gasteiger partial charge in [-0.1, -0.05) is 29.5 Å². The van der Waals surface area contributed by atoms with E-state index in [1.165, 1.54) is 0 Å². The number of hydrogen-bond donors (Lipinski definition) is 2. The maximum absolute atomic E-state index is 11.7. The van der Waals surface area contributed by atoms with Crippen molar-refractivity contribution in [3.63, 3.8) is 0 Å². The largest absolute Gasteiger partial charge is 0.378 e. The molecule has 18 heavy (non-hydrogen) atoms. The molecule has 94 valence electrons. The molecular weight excluding hydrogens is 250 g/mol. The third-order valence-electron chi connectivity index (χ3n) is 2.46. The summed E-state index contributed by atoms with van der Waals surface area (Å²) in [7, 11) is 0. The molecule has 0 aliphatic carbocycles. The number of amidine groups is 1. The molecule has 1 aliphatic heterocycles. The first-order valence-corrected chi connectivity index (χ1v) is 6.34. The van der Waals surface area contributed by atoms with E-state index in [0.717, 1.165) is 23.0 Å². The van der Waals surface area contributed by atoms with Gasteiger partial charge in [0, 0.05) is 12.1 Å². The fourth-order valence-electron chi connectivity index (χ4n) is 1.55.